The Morgan fingerprint density at radius 1 is 0.852 bits per heavy atom. The van der Waals surface area contributed by atoms with Crippen molar-refractivity contribution in [3.8, 4) is 22.3 Å². The number of rotatable bonds is 3. The van der Waals surface area contributed by atoms with Crippen molar-refractivity contribution in [3.63, 3.8) is 0 Å². The number of esters is 1. The molecule has 3 heteroatoms. The molecular weight excluding hydrogens is 356 g/mol. The van der Waals surface area contributed by atoms with E-state index < -0.39 is 0 Å². The summed E-state index contributed by atoms with van der Waals surface area (Å²) in [5.74, 6) is -0.377. The Labute approximate surface area is 165 Å². The normalized spacial score (nSPS) is 11.3. The maximum Gasteiger partial charge on any atom is 0.338 e. The van der Waals surface area contributed by atoms with Crippen LogP contribution in [0.5, 0.6) is 0 Å². The van der Waals surface area contributed by atoms with Gasteiger partial charge in [0.25, 0.3) is 0 Å². The fourth-order valence-electron chi connectivity index (χ4n) is 3.08. The van der Waals surface area contributed by atoms with Gasteiger partial charge in [-0.15, -0.1) is 0 Å². The van der Waals surface area contributed by atoms with Gasteiger partial charge >= 0.3 is 5.97 Å². The summed E-state index contributed by atoms with van der Waals surface area (Å²) in [5, 5.41) is 0.602. The van der Waals surface area contributed by atoms with E-state index in [0.717, 1.165) is 22.3 Å². The van der Waals surface area contributed by atoms with E-state index in [9.17, 15) is 4.79 Å². The summed E-state index contributed by atoms with van der Waals surface area (Å²) in [5.41, 5.74) is 5.47. The van der Waals surface area contributed by atoms with Crippen molar-refractivity contribution >= 4 is 17.6 Å². The van der Waals surface area contributed by atoms with Gasteiger partial charge in [-0.3, -0.25) is 0 Å². The van der Waals surface area contributed by atoms with Crippen LogP contribution < -0.4 is 0 Å². The summed E-state index contributed by atoms with van der Waals surface area (Å²) in [4.78, 5) is 12.4. The standard InChI is InChI=1S/C24H23ClO2/c1-24(2,3)18-12-9-16(10-13-18)17-11-14-19(21(15-17)23(26)27-4)20-7-5-6-8-22(20)25/h5-15H,1-4H3. The third-order valence-corrected chi connectivity index (χ3v) is 5.00. The third-order valence-electron chi connectivity index (χ3n) is 4.67. The van der Waals surface area contributed by atoms with E-state index in [0.29, 0.717) is 10.6 Å². The molecule has 0 N–H and O–H groups in total. The number of hydrogen-bond donors (Lipinski definition) is 0. The van der Waals surface area contributed by atoms with E-state index in [1.807, 2.05) is 42.5 Å². The molecule has 0 aliphatic rings. The lowest BCUT2D eigenvalue weighted by Crippen LogP contribution is -2.10. The van der Waals surface area contributed by atoms with Crippen molar-refractivity contribution < 1.29 is 9.53 Å². The van der Waals surface area contributed by atoms with Gasteiger partial charge in [0.05, 0.1) is 12.7 Å². The van der Waals surface area contributed by atoms with Crippen molar-refractivity contribution in [2.24, 2.45) is 0 Å². The summed E-state index contributed by atoms with van der Waals surface area (Å²) in [6.07, 6.45) is 0. The van der Waals surface area contributed by atoms with Crippen molar-refractivity contribution in [1.29, 1.82) is 0 Å². The van der Waals surface area contributed by atoms with E-state index in [1.165, 1.54) is 12.7 Å². The second-order valence-corrected chi connectivity index (χ2v) is 7.97. The molecule has 0 bridgehead atoms. The smallest absolute Gasteiger partial charge is 0.338 e. The average molecular weight is 379 g/mol. The molecule has 0 aromatic heterocycles. The van der Waals surface area contributed by atoms with Crippen molar-refractivity contribution in [1.82, 2.24) is 0 Å². The van der Waals surface area contributed by atoms with Gasteiger partial charge in [0, 0.05) is 10.6 Å². The molecular formula is C24H23ClO2. The van der Waals surface area contributed by atoms with Crippen LogP contribution in [-0.4, -0.2) is 13.1 Å². The van der Waals surface area contributed by atoms with Gasteiger partial charge in [0.1, 0.15) is 0 Å². The van der Waals surface area contributed by atoms with Crippen LogP contribution >= 0.6 is 11.6 Å². The van der Waals surface area contributed by atoms with E-state index in [-0.39, 0.29) is 11.4 Å². The van der Waals surface area contributed by atoms with Gasteiger partial charge in [-0.1, -0.05) is 87.0 Å². The van der Waals surface area contributed by atoms with Crippen LogP contribution in [0.1, 0.15) is 36.7 Å². The molecule has 138 valence electrons. The predicted molar refractivity (Wildman–Crippen MR) is 112 cm³/mol. The maximum atomic E-state index is 12.4. The number of benzene rings is 3. The zero-order chi connectivity index (χ0) is 19.6. The molecule has 0 aliphatic heterocycles. The fraction of sp³-hybridized carbons (Fsp3) is 0.208. The Balaban J connectivity index is 2.09. The van der Waals surface area contributed by atoms with Crippen molar-refractivity contribution in [3.05, 3.63) is 82.9 Å². The van der Waals surface area contributed by atoms with E-state index >= 15 is 0 Å². The molecule has 0 heterocycles. The Kier molecular flexibility index (Phi) is 5.38. The molecule has 3 aromatic rings. The summed E-state index contributed by atoms with van der Waals surface area (Å²) in [6, 6.07) is 21.8. The zero-order valence-electron chi connectivity index (χ0n) is 16.0. The van der Waals surface area contributed by atoms with E-state index in [4.69, 9.17) is 16.3 Å². The van der Waals surface area contributed by atoms with Gasteiger partial charge in [-0.05, 0) is 39.8 Å². The molecule has 3 rings (SSSR count). The third kappa shape index (κ3) is 4.06. The highest BCUT2D eigenvalue weighted by molar-refractivity contribution is 6.33. The van der Waals surface area contributed by atoms with Crippen LogP contribution in [0.25, 0.3) is 22.3 Å². The van der Waals surface area contributed by atoms with Crippen LogP contribution in [0.4, 0.5) is 0 Å². The van der Waals surface area contributed by atoms with Crippen LogP contribution in [0, 0.1) is 0 Å². The number of ether oxygens (including phenoxy) is 1. The Morgan fingerprint density at radius 2 is 1.48 bits per heavy atom. The Bertz CT molecular complexity index is 966. The number of halogens is 1. The first-order valence-corrected chi connectivity index (χ1v) is 9.27. The first kappa shape index (κ1) is 19.2. The Hall–Kier alpha value is -2.58. The van der Waals surface area contributed by atoms with E-state index in [2.05, 4.69) is 45.0 Å². The molecule has 3 aromatic carbocycles. The molecule has 2 nitrogen and oxygen atoms in total. The Morgan fingerprint density at radius 3 is 2.07 bits per heavy atom. The summed E-state index contributed by atoms with van der Waals surface area (Å²) in [7, 11) is 1.39. The minimum absolute atomic E-state index is 0.101. The van der Waals surface area contributed by atoms with Crippen LogP contribution in [0.2, 0.25) is 5.02 Å². The molecule has 0 atom stereocenters. The largest absolute Gasteiger partial charge is 0.465 e. The van der Waals surface area contributed by atoms with Gasteiger partial charge in [0.15, 0.2) is 0 Å². The minimum Gasteiger partial charge on any atom is -0.465 e. The molecule has 0 radical (unpaired) electrons. The summed E-state index contributed by atoms with van der Waals surface area (Å²) >= 11 is 6.34. The number of hydrogen-bond acceptors (Lipinski definition) is 2. The van der Waals surface area contributed by atoms with Crippen molar-refractivity contribution in [2.75, 3.05) is 7.11 Å². The first-order chi connectivity index (χ1) is 12.8. The molecule has 27 heavy (non-hydrogen) atoms. The summed E-state index contributed by atoms with van der Waals surface area (Å²) < 4.78 is 5.01. The van der Waals surface area contributed by atoms with Crippen LogP contribution in [-0.2, 0) is 10.2 Å². The first-order valence-electron chi connectivity index (χ1n) is 8.89. The monoisotopic (exact) mass is 378 g/mol. The van der Waals surface area contributed by atoms with Crippen molar-refractivity contribution in [2.45, 2.75) is 26.2 Å². The second kappa shape index (κ2) is 7.58. The van der Waals surface area contributed by atoms with Gasteiger partial charge in [0.2, 0.25) is 0 Å². The maximum absolute atomic E-state index is 12.4. The minimum atomic E-state index is -0.377. The highest BCUT2D eigenvalue weighted by atomic mass is 35.5. The number of carbonyl (C=O) groups excluding carboxylic acids is 1. The highest BCUT2D eigenvalue weighted by Crippen LogP contribution is 2.34. The van der Waals surface area contributed by atoms with Gasteiger partial charge in [-0.2, -0.15) is 0 Å². The topological polar surface area (TPSA) is 26.3 Å². The van der Waals surface area contributed by atoms with Gasteiger partial charge < -0.3 is 4.74 Å². The van der Waals surface area contributed by atoms with Gasteiger partial charge in [-0.25, -0.2) is 4.79 Å². The lowest BCUT2D eigenvalue weighted by atomic mass is 9.86. The zero-order valence-corrected chi connectivity index (χ0v) is 16.8. The lowest BCUT2D eigenvalue weighted by molar-refractivity contribution is 0.0601. The van der Waals surface area contributed by atoms with E-state index in [1.54, 1.807) is 0 Å². The lowest BCUT2D eigenvalue weighted by Gasteiger charge is -2.19. The molecule has 0 spiro atoms. The van der Waals surface area contributed by atoms with Crippen LogP contribution in [0.15, 0.2) is 66.7 Å². The highest BCUT2D eigenvalue weighted by Gasteiger charge is 2.17. The molecule has 0 saturated heterocycles. The average Bonchev–Trinajstić information content (AvgIpc) is 2.67. The molecule has 0 aliphatic carbocycles. The van der Waals surface area contributed by atoms with Crippen LogP contribution in [0.3, 0.4) is 0 Å². The molecule has 0 fully saturated rings. The molecule has 0 unspecified atom stereocenters. The quantitative estimate of drug-likeness (QED) is 0.470. The predicted octanol–water partition coefficient (Wildman–Crippen LogP) is 6.76. The molecule has 0 saturated carbocycles. The summed E-state index contributed by atoms with van der Waals surface area (Å²) in [6.45, 7) is 6.57. The SMILES string of the molecule is COC(=O)c1cc(-c2ccc(C(C)(C)C)cc2)ccc1-c1ccccc1Cl. The second-order valence-electron chi connectivity index (χ2n) is 7.56. The molecule has 0 amide bonds. The number of methoxy groups -OCH3 is 1. The number of carbonyl (C=O) groups is 1. The fourth-order valence-corrected chi connectivity index (χ4v) is 3.32.